The molecule has 1 fully saturated rings. The molecule has 1 heterocycles. The average molecular weight is 383 g/mol. The lowest BCUT2D eigenvalue weighted by Crippen LogP contribution is -2.54. The molecule has 2 aromatic rings. The van der Waals surface area contributed by atoms with Gasteiger partial charge in [-0.15, -0.1) is 0 Å². The van der Waals surface area contributed by atoms with E-state index in [4.69, 9.17) is 0 Å². The largest absolute Gasteiger partial charge is 0.328 e. The minimum atomic E-state index is 0.155. The third-order valence-corrected chi connectivity index (χ3v) is 6.33. The van der Waals surface area contributed by atoms with E-state index in [0.717, 1.165) is 37.3 Å². The topological polar surface area (TPSA) is 23.6 Å². The van der Waals surface area contributed by atoms with E-state index in [9.17, 15) is 4.79 Å². The van der Waals surface area contributed by atoms with Gasteiger partial charge in [-0.25, -0.2) is 9.28 Å². The molecule has 0 unspecified atom stereocenters. The monoisotopic (exact) mass is 382 g/mol. The molecule has 2 aromatic carbocycles. The van der Waals surface area contributed by atoms with Crippen molar-refractivity contribution in [3.63, 3.8) is 0 Å². The van der Waals surface area contributed by atoms with Crippen LogP contribution in [0, 0.1) is 0 Å². The van der Waals surface area contributed by atoms with E-state index in [2.05, 4.69) is 76.5 Å². The van der Waals surface area contributed by atoms with Crippen LogP contribution in [0.5, 0.6) is 0 Å². The zero-order valence-corrected chi connectivity index (χ0v) is 17.7. The lowest BCUT2D eigenvalue weighted by Gasteiger charge is -2.37. The summed E-state index contributed by atoms with van der Waals surface area (Å²) in [7, 11) is 4.42. The summed E-state index contributed by atoms with van der Waals surface area (Å²) in [6.45, 7) is 9.44. The van der Waals surface area contributed by atoms with Gasteiger partial charge in [0.25, 0.3) is 0 Å². The van der Waals surface area contributed by atoms with Gasteiger partial charge in [0, 0.05) is 13.1 Å². The molecule has 5 nitrogen and oxygen atoms in total. The van der Waals surface area contributed by atoms with E-state index in [-0.39, 0.29) is 6.03 Å². The molecule has 2 amide bonds. The number of urea groups is 1. The zero-order valence-electron chi connectivity index (χ0n) is 17.7. The van der Waals surface area contributed by atoms with Crippen LogP contribution in [0.15, 0.2) is 60.7 Å². The highest BCUT2D eigenvalue weighted by molar-refractivity contribution is 5.77. The number of para-hydroxylation sites is 2. The van der Waals surface area contributed by atoms with Gasteiger partial charge in [0.2, 0.25) is 0 Å². The van der Waals surface area contributed by atoms with Gasteiger partial charge in [-0.3, -0.25) is 9.80 Å². The molecule has 0 aliphatic carbocycles. The van der Waals surface area contributed by atoms with Crippen molar-refractivity contribution in [2.24, 2.45) is 0 Å². The van der Waals surface area contributed by atoms with Crippen LogP contribution in [-0.4, -0.2) is 73.9 Å². The van der Waals surface area contributed by atoms with Crippen LogP contribution < -0.4 is 4.48 Å². The number of benzene rings is 2. The molecular formula is C23H34N4O+2. The second kappa shape index (κ2) is 8.33. The van der Waals surface area contributed by atoms with Gasteiger partial charge in [-0.2, -0.15) is 0 Å². The van der Waals surface area contributed by atoms with Gasteiger partial charge >= 0.3 is 6.03 Å². The summed E-state index contributed by atoms with van der Waals surface area (Å²) >= 11 is 0. The number of nitrogens with zero attached hydrogens (tertiary/aromatic N) is 4. The number of hydrogen-bond donors (Lipinski definition) is 0. The maximum atomic E-state index is 13.2. The number of rotatable bonds is 8. The van der Waals surface area contributed by atoms with Crippen molar-refractivity contribution in [2.45, 2.75) is 13.8 Å². The summed E-state index contributed by atoms with van der Waals surface area (Å²) in [6.07, 6.45) is 0. The highest BCUT2D eigenvalue weighted by Crippen LogP contribution is 2.33. The zero-order chi connectivity index (χ0) is 20.2. The molecule has 0 bridgehead atoms. The normalized spacial score (nSPS) is 15.4. The van der Waals surface area contributed by atoms with Crippen molar-refractivity contribution in [3.05, 3.63) is 60.7 Å². The standard InChI is InChI=1S/C23H34N4O/c1-5-26(3,6-2)19-24-17-18-25(23(24)28)20-27(4,21-13-9-7-10-14-21)22-15-11-8-12-16-22/h7-16H,5-6,17-20H2,1-4H3/q+2. The van der Waals surface area contributed by atoms with Crippen molar-refractivity contribution >= 4 is 17.4 Å². The summed E-state index contributed by atoms with van der Waals surface area (Å²) in [5.74, 6) is 0. The Bertz CT molecular complexity index is 734. The predicted molar refractivity (Wildman–Crippen MR) is 116 cm³/mol. The Labute approximate surface area is 169 Å². The van der Waals surface area contributed by atoms with Crippen molar-refractivity contribution in [2.75, 3.05) is 53.6 Å². The van der Waals surface area contributed by atoms with E-state index in [1.807, 2.05) is 21.9 Å². The average Bonchev–Trinajstić information content (AvgIpc) is 3.08. The third kappa shape index (κ3) is 4.05. The molecule has 0 N–H and O–H groups in total. The molecule has 1 saturated heterocycles. The first kappa shape index (κ1) is 20.4. The second-order valence-corrected chi connectivity index (χ2v) is 8.21. The fourth-order valence-corrected chi connectivity index (χ4v) is 3.90. The third-order valence-electron chi connectivity index (χ3n) is 6.33. The molecule has 0 spiro atoms. The van der Waals surface area contributed by atoms with Gasteiger partial charge in [0.15, 0.2) is 13.3 Å². The number of amides is 2. The molecule has 150 valence electrons. The van der Waals surface area contributed by atoms with E-state index in [0.29, 0.717) is 11.2 Å². The van der Waals surface area contributed by atoms with E-state index < -0.39 is 0 Å². The highest BCUT2D eigenvalue weighted by atomic mass is 16.2. The van der Waals surface area contributed by atoms with Crippen LogP contribution in [0.3, 0.4) is 0 Å². The maximum absolute atomic E-state index is 13.2. The first-order valence-corrected chi connectivity index (χ1v) is 10.3. The molecule has 3 rings (SSSR count). The summed E-state index contributed by atoms with van der Waals surface area (Å²) in [4.78, 5) is 17.2. The van der Waals surface area contributed by atoms with Crippen LogP contribution in [-0.2, 0) is 0 Å². The molecule has 0 saturated carbocycles. The molecular weight excluding hydrogens is 348 g/mol. The van der Waals surface area contributed by atoms with Crippen molar-refractivity contribution in [1.82, 2.24) is 14.3 Å². The van der Waals surface area contributed by atoms with Gasteiger partial charge in [-0.05, 0) is 38.1 Å². The van der Waals surface area contributed by atoms with Crippen molar-refractivity contribution in [3.8, 4) is 0 Å². The lowest BCUT2D eigenvalue weighted by atomic mass is 10.2. The number of carbonyl (C=O) groups excluding carboxylic acids is 1. The molecule has 1 aliphatic rings. The summed E-state index contributed by atoms with van der Waals surface area (Å²) in [5.41, 5.74) is 2.37. The Morgan fingerprint density at radius 3 is 1.61 bits per heavy atom. The van der Waals surface area contributed by atoms with Gasteiger partial charge in [0.1, 0.15) is 11.4 Å². The first-order valence-electron chi connectivity index (χ1n) is 10.3. The van der Waals surface area contributed by atoms with Crippen LogP contribution in [0.2, 0.25) is 0 Å². The van der Waals surface area contributed by atoms with E-state index >= 15 is 0 Å². The number of hydrogen-bond acceptors (Lipinski definition) is 1. The molecule has 28 heavy (non-hydrogen) atoms. The number of carbonyl (C=O) groups is 1. The van der Waals surface area contributed by atoms with Gasteiger partial charge in [0.05, 0.1) is 27.2 Å². The summed E-state index contributed by atoms with van der Waals surface area (Å²) in [5, 5.41) is 0. The molecule has 0 atom stereocenters. The van der Waals surface area contributed by atoms with Crippen molar-refractivity contribution < 1.29 is 9.28 Å². The minimum Gasteiger partial charge on any atom is -0.309 e. The fraction of sp³-hybridized carbons (Fsp3) is 0.435. The SMILES string of the molecule is CC[N+](C)(CC)CN1CCN(C[N+](C)(c2ccccc2)c2ccccc2)C1=O. The van der Waals surface area contributed by atoms with Crippen LogP contribution >= 0.6 is 0 Å². The van der Waals surface area contributed by atoms with Crippen molar-refractivity contribution in [1.29, 1.82) is 0 Å². The Kier molecular flexibility index (Phi) is 6.06. The summed E-state index contributed by atoms with van der Waals surface area (Å²) in [6, 6.07) is 21.1. The summed E-state index contributed by atoms with van der Waals surface area (Å²) < 4.78 is 1.47. The van der Waals surface area contributed by atoms with Gasteiger partial charge < -0.3 is 4.48 Å². The van der Waals surface area contributed by atoms with E-state index in [1.54, 1.807) is 0 Å². The van der Waals surface area contributed by atoms with E-state index in [1.165, 1.54) is 11.4 Å². The second-order valence-electron chi connectivity index (χ2n) is 8.21. The molecule has 1 aliphatic heterocycles. The Morgan fingerprint density at radius 2 is 1.18 bits per heavy atom. The number of quaternary nitrogens is 2. The highest BCUT2D eigenvalue weighted by Gasteiger charge is 2.39. The quantitative estimate of drug-likeness (QED) is 0.631. The first-order chi connectivity index (χ1) is 13.4. The molecule has 5 heteroatoms. The Balaban J connectivity index is 1.84. The van der Waals surface area contributed by atoms with Crippen LogP contribution in [0.4, 0.5) is 16.2 Å². The fourth-order valence-electron chi connectivity index (χ4n) is 3.90. The maximum Gasteiger partial charge on any atom is 0.328 e. The molecule has 0 radical (unpaired) electrons. The Morgan fingerprint density at radius 1 is 0.750 bits per heavy atom. The Hall–Kier alpha value is -2.37. The van der Waals surface area contributed by atoms with Gasteiger partial charge in [-0.1, -0.05) is 36.4 Å². The predicted octanol–water partition coefficient (Wildman–Crippen LogP) is 4.09. The minimum absolute atomic E-state index is 0.155. The smallest absolute Gasteiger partial charge is 0.309 e. The molecule has 0 aromatic heterocycles. The lowest BCUT2D eigenvalue weighted by molar-refractivity contribution is -0.914. The van der Waals surface area contributed by atoms with Crippen LogP contribution in [0.25, 0.3) is 0 Å². The van der Waals surface area contributed by atoms with Crippen LogP contribution in [0.1, 0.15) is 13.8 Å².